The van der Waals surface area contributed by atoms with Crippen molar-refractivity contribution in [3.05, 3.63) is 0 Å². The highest BCUT2D eigenvalue weighted by atomic mass is 16.4. The van der Waals surface area contributed by atoms with Crippen LogP contribution in [-0.4, -0.2) is 34.5 Å². The molecule has 1 amide bonds. The van der Waals surface area contributed by atoms with Gasteiger partial charge in [-0.15, -0.1) is 0 Å². The second-order valence-corrected chi connectivity index (χ2v) is 5.01. The Morgan fingerprint density at radius 3 is 2.31 bits per heavy atom. The zero-order valence-electron chi connectivity index (χ0n) is 9.69. The third-order valence-corrected chi connectivity index (χ3v) is 3.99. The lowest BCUT2D eigenvalue weighted by molar-refractivity contribution is -0.158. The van der Waals surface area contributed by atoms with E-state index in [9.17, 15) is 9.59 Å². The lowest BCUT2D eigenvalue weighted by atomic mass is 9.72. The maximum atomic E-state index is 12.2. The van der Waals surface area contributed by atoms with Gasteiger partial charge in [-0.3, -0.25) is 9.59 Å². The topological polar surface area (TPSA) is 57.6 Å². The van der Waals surface area contributed by atoms with Gasteiger partial charge in [-0.25, -0.2) is 0 Å². The molecular weight excluding hydrogens is 206 g/mol. The minimum Gasteiger partial charge on any atom is -0.481 e. The first kappa shape index (κ1) is 11.4. The number of carboxylic acids is 1. The van der Waals surface area contributed by atoms with Gasteiger partial charge >= 0.3 is 5.97 Å². The van der Waals surface area contributed by atoms with Gasteiger partial charge in [0.1, 0.15) is 0 Å². The molecule has 0 aromatic carbocycles. The Bertz CT molecular complexity index is 303. The molecule has 1 heterocycles. The molecule has 0 spiro atoms. The standard InChI is InChI=1S/C12H19NO3/c1-8-4-2-3-7-13(8)11(14)9-5-6-10(9)12(15)16/h8-10H,2-7H2,1H3,(H,15,16). The molecule has 4 heteroatoms. The Morgan fingerprint density at radius 1 is 1.12 bits per heavy atom. The molecule has 2 fully saturated rings. The number of piperidine rings is 1. The van der Waals surface area contributed by atoms with Crippen molar-refractivity contribution < 1.29 is 14.7 Å². The SMILES string of the molecule is CC1CCCCN1C(=O)C1CCC1C(=O)O. The molecule has 2 aliphatic rings. The first-order valence-corrected chi connectivity index (χ1v) is 6.14. The van der Waals surface area contributed by atoms with Gasteiger partial charge in [-0.1, -0.05) is 0 Å². The molecule has 2 rings (SSSR count). The van der Waals surface area contributed by atoms with Crippen molar-refractivity contribution >= 4 is 11.9 Å². The van der Waals surface area contributed by atoms with Crippen molar-refractivity contribution in [1.82, 2.24) is 4.90 Å². The maximum Gasteiger partial charge on any atom is 0.307 e. The van der Waals surface area contributed by atoms with Gasteiger partial charge in [0.15, 0.2) is 0 Å². The van der Waals surface area contributed by atoms with Crippen LogP contribution in [0.3, 0.4) is 0 Å². The summed E-state index contributed by atoms with van der Waals surface area (Å²) in [5.74, 6) is -1.42. The van der Waals surface area contributed by atoms with E-state index < -0.39 is 11.9 Å². The summed E-state index contributed by atoms with van der Waals surface area (Å²) in [4.78, 5) is 25.0. The van der Waals surface area contributed by atoms with E-state index in [0.29, 0.717) is 6.42 Å². The molecule has 0 aromatic rings. The molecule has 90 valence electrons. The van der Waals surface area contributed by atoms with E-state index in [0.717, 1.165) is 25.8 Å². The van der Waals surface area contributed by atoms with Gasteiger partial charge in [0, 0.05) is 12.6 Å². The minimum absolute atomic E-state index is 0.0749. The van der Waals surface area contributed by atoms with E-state index in [2.05, 4.69) is 6.92 Å². The fraction of sp³-hybridized carbons (Fsp3) is 0.833. The fourth-order valence-corrected chi connectivity index (χ4v) is 2.73. The van der Waals surface area contributed by atoms with Crippen LogP contribution in [0.2, 0.25) is 0 Å². The molecule has 1 saturated heterocycles. The number of carbonyl (C=O) groups excluding carboxylic acids is 1. The predicted molar refractivity (Wildman–Crippen MR) is 58.9 cm³/mol. The molecule has 1 saturated carbocycles. The highest BCUT2D eigenvalue weighted by Crippen LogP contribution is 2.37. The zero-order chi connectivity index (χ0) is 11.7. The van der Waals surface area contributed by atoms with Crippen molar-refractivity contribution in [1.29, 1.82) is 0 Å². The average molecular weight is 225 g/mol. The van der Waals surface area contributed by atoms with Gasteiger partial charge in [-0.2, -0.15) is 0 Å². The Kier molecular flexibility index (Phi) is 3.17. The van der Waals surface area contributed by atoms with Crippen LogP contribution in [0, 0.1) is 11.8 Å². The van der Waals surface area contributed by atoms with Gasteiger partial charge in [0.25, 0.3) is 0 Å². The Hall–Kier alpha value is -1.06. The minimum atomic E-state index is -0.811. The number of nitrogens with zero attached hydrogens (tertiary/aromatic N) is 1. The number of hydrogen-bond donors (Lipinski definition) is 1. The summed E-state index contributed by atoms with van der Waals surface area (Å²) in [5.41, 5.74) is 0. The van der Waals surface area contributed by atoms with Crippen LogP contribution in [0.1, 0.15) is 39.0 Å². The molecular formula is C12H19NO3. The molecule has 1 N–H and O–H groups in total. The lowest BCUT2D eigenvalue weighted by Crippen LogP contribution is -2.50. The number of hydrogen-bond acceptors (Lipinski definition) is 2. The fourth-order valence-electron chi connectivity index (χ4n) is 2.73. The second kappa shape index (κ2) is 4.44. The average Bonchev–Trinajstić information content (AvgIpc) is 2.15. The lowest BCUT2D eigenvalue weighted by Gasteiger charge is -2.40. The summed E-state index contributed by atoms with van der Waals surface area (Å²) in [5, 5.41) is 8.95. The second-order valence-electron chi connectivity index (χ2n) is 5.01. The van der Waals surface area contributed by atoms with E-state index in [-0.39, 0.29) is 17.9 Å². The van der Waals surface area contributed by atoms with Crippen LogP contribution in [0.5, 0.6) is 0 Å². The number of carbonyl (C=O) groups is 2. The molecule has 1 aliphatic carbocycles. The molecule has 0 aromatic heterocycles. The molecule has 3 unspecified atom stereocenters. The Balaban J connectivity index is 1.99. The summed E-state index contributed by atoms with van der Waals surface area (Å²) < 4.78 is 0. The predicted octanol–water partition coefficient (Wildman–Crippen LogP) is 1.50. The summed E-state index contributed by atoms with van der Waals surface area (Å²) in [6, 6.07) is 0.288. The molecule has 3 atom stereocenters. The van der Waals surface area contributed by atoms with Gasteiger partial charge in [-0.05, 0) is 39.0 Å². The van der Waals surface area contributed by atoms with Crippen LogP contribution in [0.4, 0.5) is 0 Å². The van der Waals surface area contributed by atoms with Crippen molar-refractivity contribution in [3.8, 4) is 0 Å². The molecule has 0 bridgehead atoms. The van der Waals surface area contributed by atoms with Crippen molar-refractivity contribution in [3.63, 3.8) is 0 Å². The monoisotopic (exact) mass is 225 g/mol. The quantitative estimate of drug-likeness (QED) is 0.774. The molecule has 1 aliphatic heterocycles. The number of amides is 1. The van der Waals surface area contributed by atoms with E-state index in [4.69, 9.17) is 5.11 Å². The normalized spacial score (nSPS) is 34.3. The third-order valence-electron chi connectivity index (χ3n) is 3.99. The molecule has 0 radical (unpaired) electrons. The van der Waals surface area contributed by atoms with Crippen LogP contribution in [0.15, 0.2) is 0 Å². The Labute approximate surface area is 95.6 Å². The first-order valence-electron chi connectivity index (χ1n) is 6.14. The first-order chi connectivity index (χ1) is 7.61. The van der Waals surface area contributed by atoms with Crippen LogP contribution >= 0.6 is 0 Å². The van der Waals surface area contributed by atoms with E-state index in [1.807, 2.05) is 4.90 Å². The zero-order valence-corrected chi connectivity index (χ0v) is 9.69. The molecule has 4 nitrogen and oxygen atoms in total. The largest absolute Gasteiger partial charge is 0.481 e. The van der Waals surface area contributed by atoms with Crippen LogP contribution in [0.25, 0.3) is 0 Å². The van der Waals surface area contributed by atoms with Crippen LogP contribution in [-0.2, 0) is 9.59 Å². The van der Waals surface area contributed by atoms with Gasteiger partial charge in [0.05, 0.1) is 11.8 Å². The summed E-state index contributed by atoms with van der Waals surface area (Å²) >= 11 is 0. The maximum absolute atomic E-state index is 12.2. The smallest absolute Gasteiger partial charge is 0.307 e. The number of likely N-dealkylation sites (tertiary alicyclic amines) is 1. The third kappa shape index (κ3) is 1.93. The van der Waals surface area contributed by atoms with Gasteiger partial charge < -0.3 is 10.0 Å². The van der Waals surface area contributed by atoms with E-state index in [1.165, 1.54) is 6.42 Å². The van der Waals surface area contributed by atoms with Crippen molar-refractivity contribution in [2.45, 2.75) is 45.1 Å². The van der Waals surface area contributed by atoms with E-state index in [1.54, 1.807) is 0 Å². The Morgan fingerprint density at radius 2 is 1.81 bits per heavy atom. The summed E-state index contributed by atoms with van der Waals surface area (Å²) in [6.07, 6.45) is 4.70. The summed E-state index contributed by atoms with van der Waals surface area (Å²) in [7, 11) is 0. The van der Waals surface area contributed by atoms with Crippen molar-refractivity contribution in [2.24, 2.45) is 11.8 Å². The van der Waals surface area contributed by atoms with E-state index >= 15 is 0 Å². The van der Waals surface area contributed by atoms with Gasteiger partial charge in [0.2, 0.25) is 5.91 Å². The highest BCUT2D eigenvalue weighted by Gasteiger charge is 2.44. The summed E-state index contributed by atoms with van der Waals surface area (Å²) in [6.45, 7) is 2.87. The highest BCUT2D eigenvalue weighted by molar-refractivity contribution is 5.86. The number of aliphatic carboxylic acids is 1. The number of carboxylic acid groups (broad SMARTS) is 1. The van der Waals surface area contributed by atoms with Crippen molar-refractivity contribution in [2.75, 3.05) is 6.54 Å². The number of rotatable bonds is 2. The van der Waals surface area contributed by atoms with Crippen LogP contribution < -0.4 is 0 Å². The molecule has 16 heavy (non-hydrogen) atoms.